The highest BCUT2D eigenvalue weighted by Gasteiger charge is 2.39. The van der Waals surface area contributed by atoms with Crippen molar-refractivity contribution in [3.8, 4) is 0 Å². The van der Waals surface area contributed by atoms with E-state index in [0.29, 0.717) is 0 Å². The van der Waals surface area contributed by atoms with E-state index in [2.05, 4.69) is 23.0 Å². The summed E-state index contributed by atoms with van der Waals surface area (Å²) in [6.45, 7) is 1.72. The summed E-state index contributed by atoms with van der Waals surface area (Å²) in [6.07, 6.45) is 7.53. The minimum atomic E-state index is 0. The molecule has 0 atom stereocenters. The number of nitrogens with zero attached hydrogens (tertiary/aromatic N) is 2. The molecule has 1 saturated carbocycles. The van der Waals surface area contributed by atoms with E-state index in [1.165, 1.54) is 24.8 Å². The van der Waals surface area contributed by atoms with Crippen molar-refractivity contribution in [2.75, 3.05) is 13.6 Å². The third kappa shape index (κ3) is 2.54. The molecule has 1 aromatic heterocycles. The van der Waals surface area contributed by atoms with Gasteiger partial charge in [-0.25, -0.2) is 0 Å². The minimum Gasteiger partial charge on any atom is -0.329 e. The van der Waals surface area contributed by atoms with Crippen molar-refractivity contribution in [2.45, 2.75) is 31.3 Å². The van der Waals surface area contributed by atoms with Gasteiger partial charge >= 0.3 is 0 Å². The van der Waals surface area contributed by atoms with Crippen LogP contribution in [0, 0.1) is 0 Å². The molecule has 90 valence electrons. The Morgan fingerprint density at radius 1 is 1.50 bits per heavy atom. The van der Waals surface area contributed by atoms with Crippen molar-refractivity contribution in [1.82, 2.24) is 9.88 Å². The van der Waals surface area contributed by atoms with Crippen LogP contribution in [0.25, 0.3) is 0 Å². The summed E-state index contributed by atoms with van der Waals surface area (Å²) >= 11 is 0. The Bertz CT molecular complexity index is 306. The smallest absolute Gasteiger partial charge is 0.0332 e. The SMILES string of the molecule is CN(Cc1cccnc1)C1(CN)CCC1.Cl. The standard InChI is InChI=1S/C12H19N3.ClH/c1-15(12(10-13)5-3-6-12)9-11-4-2-7-14-8-11;/h2,4,7-8H,3,5-6,9-10,13H2,1H3;1H. The fraction of sp³-hybridized carbons (Fsp3) is 0.583. The molecule has 1 aliphatic carbocycles. The van der Waals surface area contributed by atoms with Crippen LogP contribution in [-0.4, -0.2) is 29.0 Å². The van der Waals surface area contributed by atoms with Gasteiger partial charge in [0, 0.05) is 31.0 Å². The molecule has 2 N–H and O–H groups in total. The van der Waals surface area contributed by atoms with Crippen molar-refractivity contribution in [1.29, 1.82) is 0 Å². The monoisotopic (exact) mass is 241 g/mol. The topological polar surface area (TPSA) is 42.2 Å². The van der Waals surface area contributed by atoms with E-state index in [1.807, 2.05) is 18.5 Å². The zero-order valence-electron chi connectivity index (χ0n) is 9.72. The lowest BCUT2D eigenvalue weighted by Gasteiger charge is -2.48. The normalized spacial score (nSPS) is 17.7. The fourth-order valence-corrected chi connectivity index (χ4v) is 2.26. The molecule has 1 fully saturated rings. The van der Waals surface area contributed by atoms with Crippen molar-refractivity contribution in [2.24, 2.45) is 5.73 Å². The molecule has 0 unspecified atom stereocenters. The van der Waals surface area contributed by atoms with Crippen LogP contribution in [0.1, 0.15) is 24.8 Å². The van der Waals surface area contributed by atoms with E-state index in [0.717, 1.165) is 13.1 Å². The quantitative estimate of drug-likeness (QED) is 0.875. The zero-order chi connectivity index (χ0) is 10.7. The van der Waals surface area contributed by atoms with Gasteiger partial charge in [0.25, 0.3) is 0 Å². The second-order valence-electron chi connectivity index (χ2n) is 4.50. The van der Waals surface area contributed by atoms with Crippen molar-refractivity contribution in [3.63, 3.8) is 0 Å². The molecular weight excluding hydrogens is 222 g/mol. The molecule has 0 bridgehead atoms. The Kier molecular flexibility index (Phi) is 4.71. The zero-order valence-corrected chi connectivity index (χ0v) is 10.5. The molecule has 4 heteroatoms. The molecule has 3 nitrogen and oxygen atoms in total. The molecule has 0 saturated heterocycles. The highest BCUT2D eigenvalue weighted by atomic mass is 35.5. The van der Waals surface area contributed by atoms with Crippen LogP contribution in [0.2, 0.25) is 0 Å². The molecule has 16 heavy (non-hydrogen) atoms. The second-order valence-corrected chi connectivity index (χ2v) is 4.50. The summed E-state index contributed by atoms with van der Waals surface area (Å²) < 4.78 is 0. The van der Waals surface area contributed by atoms with Gasteiger partial charge in [0.2, 0.25) is 0 Å². The van der Waals surface area contributed by atoms with E-state index in [4.69, 9.17) is 5.73 Å². The summed E-state index contributed by atoms with van der Waals surface area (Å²) in [5, 5.41) is 0. The number of halogens is 1. The van der Waals surface area contributed by atoms with Crippen LogP contribution in [0.4, 0.5) is 0 Å². The first-order valence-corrected chi connectivity index (χ1v) is 5.57. The van der Waals surface area contributed by atoms with Gasteiger partial charge in [0.1, 0.15) is 0 Å². The Labute approximate surface area is 103 Å². The van der Waals surface area contributed by atoms with E-state index < -0.39 is 0 Å². The predicted molar refractivity (Wildman–Crippen MR) is 68.6 cm³/mol. The minimum absolute atomic E-state index is 0. The highest BCUT2D eigenvalue weighted by molar-refractivity contribution is 5.85. The van der Waals surface area contributed by atoms with Crippen LogP contribution in [-0.2, 0) is 6.54 Å². The number of hydrogen-bond donors (Lipinski definition) is 1. The number of nitrogens with two attached hydrogens (primary N) is 1. The van der Waals surface area contributed by atoms with Gasteiger partial charge in [-0.15, -0.1) is 12.4 Å². The van der Waals surface area contributed by atoms with Crippen LogP contribution < -0.4 is 5.73 Å². The third-order valence-corrected chi connectivity index (χ3v) is 3.62. The number of aromatic nitrogens is 1. The number of rotatable bonds is 4. The molecule has 0 radical (unpaired) electrons. The maximum absolute atomic E-state index is 5.87. The molecule has 1 aliphatic rings. The van der Waals surface area contributed by atoms with E-state index in [1.54, 1.807) is 0 Å². The lowest BCUT2D eigenvalue weighted by Crippen LogP contribution is -2.56. The molecule has 2 rings (SSSR count). The van der Waals surface area contributed by atoms with Crippen molar-refractivity contribution >= 4 is 12.4 Å². The summed E-state index contributed by atoms with van der Waals surface area (Å²) in [7, 11) is 2.17. The molecule has 1 heterocycles. The molecular formula is C12H20ClN3. The summed E-state index contributed by atoms with van der Waals surface area (Å²) in [5.74, 6) is 0. The van der Waals surface area contributed by atoms with Gasteiger partial charge in [-0.2, -0.15) is 0 Å². The average Bonchev–Trinajstić information content (AvgIpc) is 2.18. The molecule has 0 aliphatic heterocycles. The molecule has 1 aromatic rings. The third-order valence-electron chi connectivity index (χ3n) is 3.62. The largest absolute Gasteiger partial charge is 0.329 e. The van der Waals surface area contributed by atoms with E-state index in [-0.39, 0.29) is 17.9 Å². The van der Waals surface area contributed by atoms with Crippen molar-refractivity contribution < 1.29 is 0 Å². The Hall–Kier alpha value is -0.640. The van der Waals surface area contributed by atoms with Crippen molar-refractivity contribution in [3.05, 3.63) is 30.1 Å². The van der Waals surface area contributed by atoms with Crippen LogP contribution >= 0.6 is 12.4 Å². The van der Waals surface area contributed by atoms with Gasteiger partial charge in [0.15, 0.2) is 0 Å². The van der Waals surface area contributed by atoms with Gasteiger partial charge in [-0.3, -0.25) is 9.88 Å². The van der Waals surface area contributed by atoms with Crippen LogP contribution in [0.5, 0.6) is 0 Å². The maximum atomic E-state index is 5.87. The predicted octanol–water partition coefficient (Wildman–Crippen LogP) is 1.82. The van der Waals surface area contributed by atoms with Gasteiger partial charge in [-0.05, 0) is 37.9 Å². The maximum Gasteiger partial charge on any atom is 0.0332 e. The van der Waals surface area contributed by atoms with Crippen LogP contribution in [0.3, 0.4) is 0 Å². The first-order valence-electron chi connectivity index (χ1n) is 5.57. The number of likely N-dealkylation sites (N-methyl/N-ethyl adjacent to an activating group) is 1. The first-order chi connectivity index (χ1) is 7.27. The average molecular weight is 242 g/mol. The first kappa shape index (κ1) is 13.4. The van der Waals surface area contributed by atoms with E-state index in [9.17, 15) is 0 Å². The lowest BCUT2D eigenvalue weighted by molar-refractivity contribution is 0.0398. The number of pyridine rings is 1. The Morgan fingerprint density at radius 2 is 2.25 bits per heavy atom. The summed E-state index contributed by atoms with van der Waals surface area (Å²) in [6, 6.07) is 4.10. The lowest BCUT2D eigenvalue weighted by atomic mass is 9.75. The van der Waals surface area contributed by atoms with Crippen LogP contribution in [0.15, 0.2) is 24.5 Å². The van der Waals surface area contributed by atoms with Gasteiger partial charge in [-0.1, -0.05) is 6.07 Å². The Balaban J connectivity index is 0.00000128. The van der Waals surface area contributed by atoms with Gasteiger partial charge in [0.05, 0.1) is 0 Å². The molecule has 0 spiro atoms. The summed E-state index contributed by atoms with van der Waals surface area (Å²) in [4.78, 5) is 6.51. The summed E-state index contributed by atoms with van der Waals surface area (Å²) in [5.41, 5.74) is 7.39. The highest BCUT2D eigenvalue weighted by Crippen LogP contribution is 2.36. The number of hydrogen-bond acceptors (Lipinski definition) is 3. The second kappa shape index (κ2) is 5.62. The van der Waals surface area contributed by atoms with E-state index >= 15 is 0 Å². The molecule has 0 amide bonds. The molecule has 0 aromatic carbocycles. The van der Waals surface area contributed by atoms with Gasteiger partial charge < -0.3 is 5.73 Å². The Morgan fingerprint density at radius 3 is 2.69 bits per heavy atom. The fourth-order valence-electron chi connectivity index (χ4n) is 2.26.